The van der Waals surface area contributed by atoms with Crippen molar-refractivity contribution in [2.24, 2.45) is 5.92 Å². The van der Waals surface area contributed by atoms with Gasteiger partial charge in [0.15, 0.2) is 0 Å². The lowest BCUT2D eigenvalue weighted by molar-refractivity contribution is 0.405. The van der Waals surface area contributed by atoms with Gasteiger partial charge in [-0.2, -0.15) is 0 Å². The molecule has 0 fully saturated rings. The van der Waals surface area contributed by atoms with E-state index in [-0.39, 0.29) is 5.82 Å². The summed E-state index contributed by atoms with van der Waals surface area (Å²) in [4.78, 5) is 0. The fourth-order valence-corrected chi connectivity index (χ4v) is 2.22. The molecule has 1 aromatic carbocycles. The van der Waals surface area contributed by atoms with E-state index in [9.17, 15) is 4.39 Å². The number of rotatable bonds is 8. The zero-order valence-electron chi connectivity index (χ0n) is 11.9. The van der Waals surface area contributed by atoms with Crippen LogP contribution in [0.15, 0.2) is 24.3 Å². The van der Waals surface area contributed by atoms with Crippen molar-refractivity contribution in [3.63, 3.8) is 0 Å². The third-order valence-corrected chi connectivity index (χ3v) is 3.29. The summed E-state index contributed by atoms with van der Waals surface area (Å²) >= 11 is 0. The Morgan fingerprint density at radius 3 is 2.28 bits per heavy atom. The topological polar surface area (TPSA) is 12.0 Å². The number of hydrogen-bond acceptors (Lipinski definition) is 1. The Hall–Kier alpha value is -0.890. The average Bonchev–Trinajstić information content (AvgIpc) is 2.35. The quantitative estimate of drug-likeness (QED) is 0.661. The van der Waals surface area contributed by atoms with Crippen LogP contribution >= 0.6 is 0 Å². The summed E-state index contributed by atoms with van der Waals surface area (Å²) in [6.45, 7) is 7.67. The first-order valence-corrected chi connectivity index (χ1v) is 7.14. The van der Waals surface area contributed by atoms with Gasteiger partial charge in [0.05, 0.1) is 0 Å². The molecule has 1 nitrogen and oxygen atoms in total. The van der Waals surface area contributed by atoms with Gasteiger partial charge in [0, 0.05) is 6.04 Å². The molecule has 0 heterocycles. The SMILES string of the molecule is CCCCCCNC(c1ccc(F)cc1)C(C)C. The zero-order valence-corrected chi connectivity index (χ0v) is 11.9. The summed E-state index contributed by atoms with van der Waals surface area (Å²) in [6, 6.07) is 7.19. The smallest absolute Gasteiger partial charge is 0.123 e. The van der Waals surface area contributed by atoms with Gasteiger partial charge in [0.25, 0.3) is 0 Å². The highest BCUT2D eigenvalue weighted by Crippen LogP contribution is 2.21. The molecule has 0 aliphatic carbocycles. The molecule has 1 N–H and O–H groups in total. The van der Waals surface area contributed by atoms with Crippen molar-refractivity contribution in [2.75, 3.05) is 6.54 Å². The lowest BCUT2D eigenvalue weighted by atomic mass is 9.96. The minimum Gasteiger partial charge on any atom is -0.310 e. The Bertz CT molecular complexity index is 318. The minimum atomic E-state index is -0.163. The molecule has 102 valence electrons. The Morgan fingerprint density at radius 2 is 1.72 bits per heavy atom. The molecule has 0 radical (unpaired) electrons. The number of nitrogens with one attached hydrogen (secondary N) is 1. The molecule has 0 aliphatic heterocycles. The van der Waals surface area contributed by atoms with Crippen LogP contribution in [0.5, 0.6) is 0 Å². The summed E-state index contributed by atoms with van der Waals surface area (Å²) in [5, 5.41) is 3.59. The predicted molar refractivity (Wildman–Crippen MR) is 76.1 cm³/mol. The van der Waals surface area contributed by atoms with E-state index in [1.165, 1.54) is 31.2 Å². The Balaban J connectivity index is 2.47. The highest BCUT2D eigenvalue weighted by Gasteiger charge is 2.14. The summed E-state index contributed by atoms with van der Waals surface area (Å²) in [6.07, 6.45) is 5.09. The minimum absolute atomic E-state index is 0.163. The van der Waals surface area contributed by atoms with E-state index in [0.29, 0.717) is 12.0 Å². The fourth-order valence-electron chi connectivity index (χ4n) is 2.22. The van der Waals surface area contributed by atoms with Crippen molar-refractivity contribution in [1.29, 1.82) is 0 Å². The van der Waals surface area contributed by atoms with Crippen molar-refractivity contribution in [3.05, 3.63) is 35.6 Å². The summed E-state index contributed by atoms with van der Waals surface area (Å²) in [7, 11) is 0. The van der Waals surface area contributed by atoms with Crippen LogP contribution in [0.3, 0.4) is 0 Å². The highest BCUT2D eigenvalue weighted by molar-refractivity contribution is 5.20. The molecular formula is C16H26FN. The monoisotopic (exact) mass is 251 g/mol. The molecule has 0 bridgehead atoms. The zero-order chi connectivity index (χ0) is 13.4. The second kappa shape index (κ2) is 8.25. The van der Waals surface area contributed by atoms with Crippen LogP contribution in [0, 0.1) is 11.7 Å². The van der Waals surface area contributed by atoms with Crippen LogP contribution in [0.4, 0.5) is 4.39 Å². The average molecular weight is 251 g/mol. The molecule has 1 rings (SSSR count). The van der Waals surface area contributed by atoms with Crippen molar-refractivity contribution in [2.45, 2.75) is 52.5 Å². The predicted octanol–water partition coefficient (Wildman–Crippen LogP) is 4.69. The first-order chi connectivity index (χ1) is 8.65. The summed E-state index contributed by atoms with van der Waals surface area (Å²) in [5.74, 6) is 0.353. The molecule has 0 amide bonds. The third kappa shape index (κ3) is 5.18. The van der Waals surface area contributed by atoms with Crippen LogP contribution in [-0.2, 0) is 0 Å². The largest absolute Gasteiger partial charge is 0.310 e. The molecule has 1 aromatic rings. The maximum atomic E-state index is 12.9. The normalized spacial score (nSPS) is 12.9. The molecular weight excluding hydrogens is 225 g/mol. The lowest BCUT2D eigenvalue weighted by Gasteiger charge is -2.23. The van der Waals surface area contributed by atoms with Gasteiger partial charge < -0.3 is 5.32 Å². The Kier molecular flexibility index (Phi) is 6.96. The van der Waals surface area contributed by atoms with E-state index < -0.39 is 0 Å². The van der Waals surface area contributed by atoms with E-state index in [2.05, 4.69) is 26.1 Å². The number of unbranched alkanes of at least 4 members (excludes halogenated alkanes) is 3. The van der Waals surface area contributed by atoms with Gasteiger partial charge in [0.2, 0.25) is 0 Å². The summed E-state index contributed by atoms with van der Waals surface area (Å²) in [5.41, 5.74) is 1.18. The number of hydrogen-bond donors (Lipinski definition) is 1. The van der Waals surface area contributed by atoms with E-state index >= 15 is 0 Å². The van der Waals surface area contributed by atoms with Gasteiger partial charge in [-0.05, 0) is 36.6 Å². The van der Waals surface area contributed by atoms with Gasteiger partial charge in [0.1, 0.15) is 5.82 Å². The Morgan fingerprint density at radius 1 is 1.06 bits per heavy atom. The maximum Gasteiger partial charge on any atom is 0.123 e. The Labute approximate surface area is 111 Å². The van der Waals surface area contributed by atoms with Crippen LogP contribution in [0.1, 0.15) is 58.1 Å². The fraction of sp³-hybridized carbons (Fsp3) is 0.625. The van der Waals surface area contributed by atoms with Crippen molar-refractivity contribution in [1.82, 2.24) is 5.32 Å². The van der Waals surface area contributed by atoms with Crippen LogP contribution in [0.2, 0.25) is 0 Å². The standard InChI is InChI=1S/C16H26FN/c1-4-5-6-7-12-18-16(13(2)3)14-8-10-15(17)11-9-14/h8-11,13,16,18H,4-7,12H2,1-3H3. The van der Waals surface area contributed by atoms with Gasteiger partial charge >= 0.3 is 0 Å². The van der Waals surface area contributed by atoms with E-state index in [1.54, 1.807) is 12.1 Å². The second-order valence-electron chi connectivity index (χ2n) is 5.29. The molecule has 0 saturated heterocycles. The second-order valence-corrected chi connectivity index (χ2v) is 5.29. The van der Waals surface area contributed by atoms with Crippen molar-refractivity contribution in [3.8, 4) is 0 Å². The summed E-state index contributed by atoms with van der Waals surface area (Å²) < 4.78 is 12.9. The molecule has 2 heteroatoms. The first-order valence-electron chi connectivity index (χ1n) is 7.14. The first kappa shape index (κ1) is 15.2. The van der Waals surface area contributed by atoms with Gasteiger partial charge in [-0.3, -0.25) is 0 Å². The van der Waals surface area contributed by atoms with Crippen LogP contribution < -0.4 is 5.32 Å². The van der Waals surface area contributed by atoms with E-state index in [4.69, 9.17) is 0 Å². The van der Waals surface area contributed by atoms with Crippen molar-refractivity contribution >= 4 is 0 Å². The highest BCUT2D eigenvalue weighted by atomic mass is 19.1. The van der Waals surface area contributed by atoms with Gasteiger partial charge in [-0.1, -0.05) is 52.2 Å². The number of benzene rings is 1. The molecule has 18 heavy (non-hydrogen) atoms. The van der Waals surface area contributed by atoms with Gasteiger partial charge in [-0.25, -0.2) is 4.39 Å². The maximum absolute atomic E-state index is 12.9. The van der Waals surface area contributed by atoms with Crippen LogP contribution in [-0.4, -0.2) is 6.54 Å². The van der Waals surface area contributed by atoms with Crippen molar-refractivity contribution < 1.29 is 4.39 Å². The molecule has 0 saturated carbocycles. The molecule has 0 spiro atoms. The lowest BCUT2D eigenvalue weighted by Crippen LogP contribution is -2.26. The number of halogens is 1. The van der Waals surface area contributed by atoms with Crippen LogP contribution in [0.25, 0.3) is 0 Å². The molecule has 1 atom stereocenters. The third-order valence-electron chi connectivity index (χ3n) is 3.29. The van der Waals surface area contributed by atoms with Gasteiger partial charge in [-0.15, -0.1) is 0 Å². The molecule has 1 unspecified atom stereocenters. The molecule has 0 aromatic heterocycles. The van der Waals surface area contributed by atoms with E-state index in [1.807, 2.05) is 12.1 Å². The van der Waals surface area contributed by atoms with E-state index in [0.717, 1.165) is 6.54 Å². The molecule has 0 aliphatic rings.